The molecule has 0 radical (unpaired) electrons. The van der Waals surface area contributed by atoms with Gasteiger partial charge in [0.15, 0.2) is 23.1 Å². The second kappa shape index (κ2) is 11.6. The van der Waals surface area contributed by atoms with E-state index >= 15 is 4.39 Å². The molecule has 0 unspecified atom stereocenters. The van der Waals surface area contributed by atoms with E-state index in [9.17, 15) is 14.0 Å². The third kappa shape index (κ3) is 5.66. The fourth-order valence-electron chi connectivity index (χ4n) is 4.91. The van der Waals surface area contributed by atoms with Crippen LogP contribution in [0.1, 0.15) is 19.3 Å². The van der Waals surface area contributed by atoms with E-state index in [1.165, 1.54) is 56.7 Å². The Hall–Kier alpha value is -4.73. The van der Waals surface area contributed by atoms with E-state index in [4.69, 9.17) is 14.2 Å². The molecule has 1 aromatic heterocycles. The first kappa shape index (κ1) is 26.9. The zero-order chi connectivity index (χ0) is 28.2. The van der Waals surface area contributed by atoms with E-state index in [1.807, 2.05) is 0 Å². The molecule has 0 bridgehead atoms. The lowest BCUT2D eigenvalue weighted by Crippen LogP contribution is -2.33. The Morgan fingerprint density at radius 3 is 2.05 bits per heavy atom. The molecular formula is C30H27F2N3O5. The highest BCUT2D eigenvalue weighted by Crippen LogP contribution is 2.38. The molecule has 0 aliphatic heterocycles. The molecule has 0 spiro atoms. The molecule has 8 nitrogen and oxygen atoms in total. The monoisotopic (exact) mass is 547 g/mol. The summed E-state index contributed by atoms with van der Waals surface area (Å²) in [6, 6.07) is 14.6. The minimum atomic E-state index is -0.680. The molecule has 1 saturated carbocycles. The maximum Gasteiger partial charge on any atom is 0.228 e. The Labute approximate surface area is 229 Å². The molecule has 2 atom stereocenters. The van der Waals surface area contributed by atoms with Gasteiger partial charge in [0.25, 0.3) is 0 Å². The number of pyridine rings is 1. The molecule has 1 aliphatic rings. The van der Waals surface area contributed by atoms with Crippen LogP contribution in [0, 0.1) is 23.5 Å². The predicted molar refractivity (Wildman–Crippen MR) is 146 cm³/mol. The Morgan fingerprint density at radius 2 is 1.40 bits per heavy atom. The van der Waals surface area contributed by atoms with Crippen molar-refractivity contribution in [1.82, 2.24) is 4.98 Å². The average molecular weight is 548 g/mol. The summed E-state index contributed by atoms with van der Waals surface area (Å²) < 4.78 is 44.8. The van der Waals surface area contributed by atoms with Crippen molar-refractivity contribution in [3.05, 3.63) is 78.5 Å². The highest BCUT2D eigenvalue weighted by Gasteiger charge is 2.38. The Morgan fingerprint density at radius 1 is 0.775 bits per heavy atom. The molecule has 2 N–H and O–H groups in total. The summed E-state index contributed by atoms with van der Waals surface area (Å²) in [5, 5.41) is 6.07. The molecule has 4 aromatic rings. The third-order valence-corrected chi connectivity index (χ3v) is 6.93. The number of carbonyl (C=O) groups is 2. The SMILES string of the molecule is COc1cc2nccc(Oc3ccc(NC(=O)[C@H]4CCC[C@H]4C(=O)Nc4ccc(F)cc4)cc3F)c2cc1OC. The van der Waals surface area contributed by atoms with Crippen molar-refractivity contribution < 1.29 is 32.6 Å². The Balaban J connectivity index is 1.28. The van der Waals surface area contributed by atoms with E-state index in [0.717, 1.165) is 0 Å². The number of nitrogens with one attached hydrogen (secondary N) is 2. The van der Waals surface area contributed by atoms with Gasteiger partial charge in [0.2, 0.25) is 11.8 Å². The number of amides is 2. The van der Waals surface area contributed by atoms with Crippen LogP contribution in [0.4, 0.5) is 20.2 Å². The summed E-state index contributed by atoms with van der Waals surface area (Å²) in [6.45, 7) is 0. The minimum Gasteiger partial charge on any atom is -0.493 e. The number of benzene rings is 3. The van der Waals surface area contributed by atoms with Gasteiger partial charge in [-0.05, 0) is 61.4 Å². The maximum atomic E-state index is 15.1. The summed E-state index contributed by atoms with van der Waals surface area (Å²) in [4.78, 5) is 30.2. The van der Waals surface area contributed by atoms with Gasteiger partial charge in [0.05, 0.1) is 19.7 Å². The number of carbonyl (C=O) groups excluding carboxylic acids is 2. The quantitative estimate of drug-likeness (QED) is 0.268. The van der Waals surface area contributed by atoms with Gasteiger partial charge in [0.1, 0.15) is 11.6 Å². The number of rotatable bonds is 8. The fraction of sp³-hybridized carbons (Fsp3) is 0.233. The second-order valence-corrected chi connectivity index (χ2v) is 9.41. The zero-order valence-electron chi connectivity index (χ0n) is 21.9. The van der Waals surface area contributed by atoms with Crippen molar-refractivity contribution in [2.45, 2.75) is 19.3 Å². The molecule has 1 aliphatic carbocycles. The number of hydrogen-bond donors (Lipinski definition) is 2. The molecular weight excluding hydrogens is 520 g/mol. The second-order valence-electron chi connectivity index (χ2n) is 9.41. The lowest BCUT2D eigenvalue weighted by molar-refractivity contribution is -0.128. The van der Waals surface area contributed by atoms with Crippen LogP contribution in [0.25, 0.3) is 10.9 Å². The van der Waals surface area contributed by atoms with Gasteiger partial charge in [-0.1, -0.05) is 6.42 Å². The zero-order valence-corrected chi connectivity index (χ0v) is 21.9. The van der Waals surface area contributed by atoms with Crippen LogP contribution in [0.2, 0.25) is 0 Å². The number of halogens is 2. The molecule has 40 heavy (non-hydrogen) atoms. The lowest BCUT2D eigenvalue weighted by atomic mass is 9.94. The normalized spacial score (nSPS) is 16.4. The first-order chi connectivity index (χ1) is 19.4. The van der Waals surface area contributed by atoms with Gasteiger partial charge in [-0.15, -0.1) is 0 Å². The van der Waals surface area contributed by atoms with Crippen molar-refractivity contribution in [3.8, 4) is 23.0 Å². The molecule has 10 heteroatoms. The molecule has 0 saturated heterocycles. The minimum absolute atomic E-state index is 0.0438. The number of aromatic nitrogens is 1. The first-order valence-electron chi connectivity index (χ1n) is 12.7. The first-order valence-corrected chi connectivity index (χ1v) is 12.7. The van der Waals surface area contributed by atoms with E-state index in [1.54, 1.807) is 24.4 Å². The van der Waals surface area contributed by atoms with Crippen LogP contribution < -0.4 is 24.8 Å². The Kier molecular flexibility index (Phi) is 7.77. The van der Waals surface area contributed by atoms with Crippen molar-refractivity contribution in [3.63, 3.8) is 0 Å². The number of methoxy groups -OCH3 is 2. The van der Waals surface area contributed by atoms with Crippen LogP contribution >= 0.6 is 0 Å². The van der Waals surface area contributed by atoms with Crippen LogP contribution in [0.5, 0.6) is 23.0 Å². The number of fused-ring (bicyclic) bond motifs is 1. The van der Waals surface area contributed by atoms with E-state index in [0.29, 0.717) is 53.1 Å². The summed E-state index contributed by atoms with van der Waals surface area (Å²) in [5.74, 6) is -1.59. The molecule has 1 heterocycles. The van der Waals surface area contributed by atoms with Crippen molar-refractivity contribution in [2.24, 2.45) is 11.8 Å². The van der Waals surface area contributed by atoms with E-state index in [-0.39, 0.29) is 23.3 Å². The highest BCUT2D eigenvalue weighted by molar-refractivity contribution is 6.00. The van der Waals surface area contributed by atoms with Crippen LogP contribution in [-0.4, -0.2) is 31.0 Å². The molecule has 5 rings (SSSR count). The predicted octanol–water partition coefficient (Wildman–Crippen LogP) is 6.32. The van der Waals surface area contributed by atoms with Crippen LogP contribution in [-0.2, 0) is 9.59 Å². The van der Waals surface area contributed by atoms with Gasteiger partial charge in [0, 0.05) is 46.9 Å². The number of nitrogens with zero attached hydrogens (tertiary/aromatic N) is 1. The molecule has 3 aromatic carbocycles. The van der Waals surface area contributed by atoms with Gasteiger partial charge in [-0.2, -0.15) is 0 Å². The number of ether oxygens (including phenoxy) is 3. The summed E-state index contributed by atoms with van der Waals surface area (Å²) in [7, 11) is 3.04. The molecule has 2 amide bonds. The van der Waals surface area contributed by atoms with Crippen molar-refractivity contribution in [1.29, 1.82) is 0 Å². The van der Waals surface area contributed by atoms with Crippen molar-refractivity contribution >= 4 is 34.1 Å². The standard InChI is InChI=1S/C30H27F2N3O5/c1-38-27-15-22-24(16-28(27)39-2)33-13-12-25(22)40-26-11-10-19(14-23(26)32)35-30(37)21-5-3-4-20(21)29(36)34-18-8-6-17(31)7-9-18/h6-16,20-21H,3-5H2,1-2H3,(H,34,36)(H,35,37)/t20-,21+/m1/s1. The van der Waals surface area contributed by atoms with E-state index in [2.05, 4.69) is 15.6 Å². The maximum absolute atomic E-state index is 15.1. The summed E-state index contributed by atoms with van der Waals surface area (Å²) in [5.41, 5.74) is 1.27. The van der Waals surface area contributed by atoms with E-state index < -0.39 is 23.5 Å². The number of anilines is 2. The summed E-state index contributed by atoms with van der Waals surface area (Å²) >= 11 is 0. The fourth-order valence-corrected chi connectivity index (χ4v) is 4.91. The van der Waals surface area contributed by atoms with Gasteiger partial charge in [-0.3, -0.25) is 14.6 Å². The molecule has 1 fully saturated rings. The third-order valence-electron chi connectivity index (χ3n) is 6.93. The topological polar surface area (TPSA) is 98.8 Å². The molecule has 206 valence electrons. The average Bonchev–Trinajstić information content (AvgIpc) is 3.46. The smallest absolute Gasteiger partial charge is 0.228 e. The van der Waals surface area contributed by atoms with Crippen LogP contribution in [0.3, 0.4) is 0 Å². The lowest BCUT2D eigenvalue weighted by Gasteiger charge is -2.19. The van der Waals surface area contributed by atoms with Gasteiger partial charge < -0.3 is 24.8 Å². The van der Waals surface area contributed by atoms with Gasteiger partial charge in [-0.25, -0.2) is 8.78 Å². The summed E-state index contributed by atoms with van der Waals surface area (Å²) in [6.07, 6.45) is 3.32. The highest BCUT2D eigenvalue weighted by atomic mass is 19.1. The van der Waals surface area contributed by atoms with Crippen LogP contribution in [0.15, 0.2) is 66.9 Å². The van der Waals surface area contributed by atoms with Crippen molar-refractivity contribution in [2.75, 3.05) is 24.9 Å². The largest absolute Gasteiger partial charge is 0.493 e. The Bertz CT molecular complexity index is 1560. The number of hydrogen-bond acceptors (Lipinski definition) is 6. The van der Waals surface area contributed by atoms with Gasteiger partial charge >= 0.3 is 0 Å².